The second-order valence-corrected chi connectivity index (χ2v) is 5.65. The molecule has 0 saturated carbocycles. The standard InChI is InChI=1S/C13H24N4/c1-5-11-6-12(17-9-16-11)15-8-10(14)7-13(2,3)4/h6,9-10H,5,7-8,14H2,1-4H3,(H,15,16,17). The predicted molar refractivity (Wildman–Crippen MR) is 71.9 cm³/mol. The summed E-state index contributed by atoms with van der Waals surface area (Å²) < 4.78 is 0. The minimum atomic E-state index is 0.148. The van der Waals surface area contributed by atoms with Crippen LogP contribution in [0.1, 0.15) is 39.8 Å². The Balaban J connectivity index is 2.44. The third-order valence-corrected chi connectivity index (χ3v) is 2.51. The van der Waals surface area contributed by atoms with Crippen LogP contribution in [0, 0.1) is 5.41 Å². The molecule has 1 heterocycles. The van der Waals surface area contributed by atoms with E-state index < -0.39 is 0 Å². The van der Waals surface area contributed by atoms with Crippen LogP contribution in [-0.2, 0) is 6.42 Å². The third-order valence-electron chi connectivity index (χ3n) is 2.51. The van der Waals surface area contributed by atoms with E-state index in [-0.39, 0.29) is 11.5 Å². The first-order chi connectivity index (χ1) is 7.90. The smallest absolute Gasteiger partial charge is 0.129 e. The van der Waals surface area contributed by atoms with Crippen molar-refractivity contribution in [3.8, 4) is 0 Å². The largest absolute Gasteiger partial charge is 0.368 e. The Morgan fingerprint density at radius 3 is 2.65 bits per heavy atom. The summed E-state index contributed by atoms with van der Waals surface area (Å²) in [5.74, 6) is 0.862. The summed E-state index contributed by atoms with van der Waals surface area (Å²) >= 11 is 0. The molecule has 1 rings (SSSR count). The lowest BCUT2D eigenvalue weighted by Gasteiger charge is -2.23. The molecule has 1 unspecified atom stereocenters. The van der Waals surface area contributed by atoms with Gasteiger partial charge < -0.3 is 11.1 Å². The number of rotatable bonds is 5. The van der Waals surface area contributed by atoms with E-state index in [4.69, 9.17) is 5.73 Å². The first-order valence-electron chi connectivity index (χ1n) is 6.21. The van der Waals surface area contributed by atoms with Crippen molar-refractivity contribution in [1.29, 1.82) is 0 Å². The van der Waals surface area contributed by atoms with Gasteiger partial charge in [0.2, 0.25) is 0 Å². The molecule has 0 amide bonds. The monoisotopic (exact) mass is 236 g/mol. The molecule has 3 N–H and O–H groups in total. The third kappa shape index (κ3) is 5.63. The number of nitrogens with zero attached hydrogens (tertiary/aromatic N) is 2. The maximum absolute atomic E-state index is 6.07. The highest BCUT2D eigenvalue weighted by Gasteiger charge is 2.15. The van der Waals surface area contributed by atoms with Crippen LogP contribution in [0.2, 0.25) is 0 Å². The highest BCUT2D eigenvalue weighted by Crippen LogP contribution is 2.19. The number of nitrogens with two attached hydrogens (primary N) is 1. The maximum atomic E-state index is 6.07. The summed E-state index contributed by atoms with van der Waals surface area (Å²) in [7, 11) is 0. The Hall–Kier alpha value is -1.16. The molecule has 0 aliphatic carbocycles. The Bertz CT molecular complexity index is 344. The summed E-state index contributed by atoms with van der Waals surface area (Å²) in [4.78, 5) is 8.34. The van der Waals surface area contributed by atoms with Crippen molar-refractivity contribution in [1.82, 2.24) is 9.97 Å². The second-order valence-electron chi connectivity index (χ2n) is 5.65. The Kier molecular flexibility index (Phi) is 4.87. The van der Waals surface area contributed by atoms with E-state index in [1.807, 2.05) is 6.07 Å². The fourth-order valence-electron chi connectivity index (χ4n) is 1.78. The zero-order chi connectivity index (χ0) is 12.9. The lowest BCUT2D eigenvalue weighted by Crippen LogP contribution is -2.33. The summed E-state index contributed by atoms with van der Waals surface area (Å²) in [6, 6.07) is 2.12. The van der Waals surface area contributed by atoms with Gasteiger partial charge in [-0.3, -0.25) is 0 Å². The van der Waals surface area contributed by atoms with E-state index in [1.54, 1.807) is 6.33 Å². The number of aryl methyl sites for hydroxylation is 1. The average Bonchev–Trinajstić information content (AvgIpc) is 2.24. The molecule has 17 heavy (non-hydrogen) atoms. The van der Waals surface area contributed by atoms with Crippen molar-refractivity contribution in [2.75, 3.05) is 11.9 Å². The lowest BCUT2D eigenvalue weighted by atomic mass is 9.88. The van der Waals surface area contributed by atoms with E-state index in [2.05, 4.69) is 43.0 Å². The van der Waals surface area contributed by atoms with Crippen molar-refractivity contribution < 1.29 is 0 Å². The van der Waals surface area contributed by atoms with Crippen LogP contribution >= 0.6 is 0 Å². The van der Waals surface area contributed by atoms with Crippen LogP contribution in [0.5, 0.6) is 0 Å². The van der Waals surface area contributed by atoms with Gasteiger partial charge in [0.05, 0.1) is 0 Å². The molecule has 0 bridgehead atoms. The lowest BCUT2D eigenvalue weighted by molar-refractivity contribution is 0.344. The van der Waals surface area contributed by atoms with Crippen LogP contribution < -0.4 is 11.1 Å². The van der Waals surface area contributed by atoms with Gasteiger partial charge in [0.25, 0.3) is 0 Å². The quantitative estimate of drug-likeness (QED) is 0.822. The van der Waals surface area contributed by atoms with Crippen molar-refractivity contribution in [2.24, 2.45) is 11.1 Å². The highest BCUT2D eigenvalue weighted by atomic mass is 15.0. The van der Waals surface area contributed by atoms with Gasteiger partial charge in [-0.1, -0.05) is 27.7 Å². The molecule has 0 spiro atoms. The van der Waals surface area contributed by atoms with E-state index in [0.29, 0.717) is 0 Å². The van der Waals surface area contributed by atoms with Crippen LogP contribution in [-0.4, -0.2) is 22.6 Å². The maximum Gasteiger partial charge on any atom is 0.129 e. The SMILES string of the molecule is CCc1cc(NCC(N)CC(C)(C)C)ncn1. The molecule has 0 aromatic carbocycles. The molecule has 4 heteroatoms. The summed E-state index contributed by atoms with van der Waals surface area (Å²) in [6.07, 6.45) is 3.51. The van der Waals surface area contributed by atoms with Gasteiger partial charge in [-0.05, 0) is 18.3 Å². The molecule has 1 atom stereocenters. The molecule has 0 aliphatic heterocycles. The van der Waals surface area contributed by atoms with Crippen molar-refractivity contribution in [3.63, 3.8) is 0 Å². The molecule has 4 nitrogen and oxygen atoms in total. The van der Waals surface area contributed by atoms with Crippen molar-refractivity contribution in [2.45, 2.75) is 46.6 Å². The fourth-order valence-corrected chi connectivity index (χ4v) is 1.78. The number of aromatic nitrogens is 2. The average molecular weight is 236 g/mol. The number of hydrogen-bond acceptors (Lipinski definition) is 4. The zero-order valence-electron chi connectivity index (χ0n) is 11.3. The molecule has 1 aromatic heterocycles. The number of anilines is 1. The van der Waals surface area contributed by atoms with E-state index in [0.717, 1.165) is 30.9 Å². The topological polar surface area (TPSA) is 63.8 Å². The molecule has 0 fully saturated rings. The normalized spacial score (nSPS) is 13.5. The molecule has 0 aliphatic rings. The Labute approximate surface area is 104 Å². The van der Waals surface area contributed by atoms with Crippen LogP contribution in [0.4, 0.5) is 5.82 Å². The van der Waals surface area contributed by atoms with Gasteiger partial charge >= 0.3 is 0 Å². The Morgan fingerprint density at radius 1 is 1.35 bits per heavy atom. The van der Waals surface area contributed by atoms with Gasteiger partial charge in [-0.15, -0.1) is 0 Å². The van der Waals surface area contributed by atoms with Crippen LogP contribution in [0.15, 0.2) is 12.4 Å². The van der Waals surface area contributed by atoms with Crippen LogP contribution in [0.25, 0.3) is 0 Å². The van der Waals surface area contributed by atoms with Crippen LogP contribution in [0.3, 0.4) is 0 Å². The predicted octanol–water partition coefficient (Wildman–Crippen LogP) is 2.21. The summed E-state index contributed by atoms with van der Waals surface area (Å²) in [5, 5.41) is 3.27. The zero-order valence-corrected chi connectivity index (χ0v) is 11.3. The highest BCUT2D eigenvalue weighted by molar-refractivity contribution is 5.34. The van der Waals surface area contributed by atoms with Gasteiger partial charge in [-0.2, -0.15) is 0 Å². The van der Waals surface area contributed by atoms with Gasteiger partial charge in [0.15, 0.2) is 0 Å². The Morgan fingerprint density at radius 2 is 2.06 bits per heavy atom. The molecule has 96 valence electrons. The summed E-state index contributed by atoms with van der Waals surface area (Å²) in [6.45, 7) is 9.43. The molecular formula is C13H24N4. The number of hydrogen-bond donors (Lipinski definition) is 2. The van der Waals surface area contributed by atoms with E-state index in [9.17, 15) is 0 Å². The van der Waals surface area contributed by atoms with Crippen molar-refractivity contribution >= 4 is 5.82 Å². The molecule has 0 saturated heterocycles. The van der Waals surface area contributed by atoms with E-state index >= 15 is 0 Å². The number of nitrogens with one attached hydrogen (secondary N) is 1. The minimum Gasteiger partial charge on any atom is -0.368 e. The molecule has 1 aromatic rings. The van der Waals surface area contributed by atoms with Gasteiger partial charge in [-0.25, -0.2) is 9.97 Å². The fraction of sp³-hybridized carbons (Fsp3) is 0.692. The van der Waals surface area contributed by atoms with Gasteiger partial charge in [0.1, 0.15) is 12.1 Å². The second kappa shape index (κ2) is 5.96. The van der Waals surface area contributed by atoms with E-state index in [1.165, 1.54) is 0 Å². The van der Waals surface area contributed by atoms with Gasteiger partial charge in [0, 0.05) is 24.3 Å². The molecule has 0 radical (unpaired) electrons. The minimum absolute atomic E-state index is 0.148. The molecular weight excluding hydrogens is 212 g/mol. The first-order valence-corrected chi connectivity index (χ1v) is 6.21. The first kappa shape index (κ1) is 13.9. The van der Waals surface area contributed by atoms with Crippen molar-refractivity contribution in [3.05, 3.63) is 18.1 Å². The summed E-state index contributed by atoms with van der Waals surface area (Å²) in [5.41, 5.74) is 7.39.